The number of aliphatic hydroxyl groups excluding tert-OH is 2. The first-order valence-electron chi connectivity index (χ1n) is 10.3. The number of nitrogens with one attached hydrogen (secondary N) is 4. The third-order valence-electron chi connectivity index (χ3n) is 5.38. The Hall–Kier alpha value is -3.46. The number of rotatable bonds is 6. The molecule has 4 amide bonds. The van der Waals surface area contributed by atoms with Crippen LogP contribution in [0.3, 0.4) is 0 Å². The van der Waals surface area contributed by atoms with Crippen LogP contribution in [-0.2, 0) is 24.0 Å². The monoisotopic (exact) mass is 471 g/mol. The molecule has 11 N–H and O–H groups in total. The Morgan fingerprint density at radius 3 is 2.30 bits per heavy atom. The zero-order valence-corrected chi connectivity index (χ0v) is 17.7. The number of carbonyl (C=O) groups is 5. The molecule has 15 nitrogen and oxygen atoms in total. The highest BCUT2D eigenvalue weighted by Gasteiger charge is 2.46. The van der Waals surface area contributed by atoms with E-state index in [-0.39, 0.29) is 25.3 Å². The van der Waals surface area contributed by atoms with Crippen LogP contribution in [0.25, 0.3) is 0 Å². The zero-order chi connectivity index (χ0) is 24.7. The van der Waals surface area contributed by atoms with E-state index in [2.05, 4.69) is 26.3 Å². The summed E-state index contributed by atoms with van der Waals surface area (Å²) < 4.78 is 0. The number of guanidine groups is 1. The molecular weight excluding hydrogens is 442 g/mol. The number of fused-ring (bicyclic) bond motifs is 2. The van der Waals surface area contributed by atoms with Crippen LogP contribution in [0.15, 0.2) is 4.99 Å². The van der Waals surface area contributed by atoms with Gasteiger partial charge in [0.25, 0.3) is 0 Å². The number of hydrogen-bond donors (Lipinski definition) is 9. The molecule has 0 unspecified atom stereocenters. The predicted octanol–water partition coefficient (Wildman–Crippen LogP) is -5.16. The molecule has 2 bridgehead atoms. The van der Waals surface area contributed by atoms with Crippen LogP contribution in [-0.4, -0.2) is 94.3 Å². The molecule has 33 heavy (non-hydrogen) atoms. The largest absolute Gasteiger partial charge is 0.481 e. The van der Waals surface area contributed by atoms with E-state index in [1.807, 2.05) is 0 Å². The summed E-state index contributed by atoms with van der Waals surface area (Å²) in [5.41, 5.74) is 10.5. The normalized spacial score (nSPS) is 30.8. The third kappa shape index (κ3) is 7.28. The van der Waals surface area contributed by atoms with Crippen LogP contribution < -0.4 is 32.7 Å². The van der Waals surface area contributed by atoms with E-state index < -0.39 is 78.8 Å². The minimum atomic E-state index is -1.54. The van der Waals surface area contributed by atoms with Crippen LogP contribution in [0.1, 0.15) is 25.7 Å². The van der Waals surface area contributed by atoms with Gasteiger partial charge in [0, 0.05) is 6.54 Å². The van der Waals surface area contributed by atoms with Crippen molar-refractivity contribution in [3.63, 3.8) is 0 Å². The second kappa shape index (κ2) is 11.4. The van der Waals surface area contributed by atoms with E-state index in [1.54, 1.807) is 0 Å². The maximum absolute atomic E-state index is 12.8. The molecule has 1 aliphatic carbocycles. The predicted molar refractivity (Wildman–Crippen MR) is 111 cm³/mol. The van der Waals surface area contributed by atoms with E-state index in [0.29, 0.717) is 6.42 Å². The fourth-order valence-corrected chi connectivity index (χ4v) is 3.69. The number of nitrogens with two attached hydrogens (primary N) is 2. The quantitative estimate of drug-likeness (QED) is 0.101. The number of aliphatic imine (C=N–C) groups is 1. The summed E-state index contributed by atoms with van der Waals surface area (Å²) in [6, 6.07) is -3.67. The first-order chi connectivity index (χ1) is 15.5. The highest BCUT2D eigenvalue weighted by molar-refractivity contribution is 5.94. The molecule has 15 heteroatoms. The van der Waals surface area contributed by atoms with Crippen molar-refractivity contribution in [1.29, 1.82) is 0 Å². The number of amides is 4. The molecule has 0 radical (unpaired) electrons. The number of carbonyl (C=O) groups excluding carboxylic acids is 4. The number of aliphatic carboxylic acids is 1. The van der Waals surface area contributed by atoms with E-state index in [4.69, 9.17) is 16.6 Å². The maximum Gasteiger partial charge on any atom is 0.305 e. The molecule has 0 aromatic heterocycles. The number of carboxylic acid groups (broad SMARTS) is 1. The van der Waals surface area contributed by atoms with Crippen molar-refractivity contribution in [2.75, 3.05) is 13.1 Å². The van der Waals surface area contributed by atoms with Gasteiger partial charge in [0.1, 0.15) is 18.2 Å². The van der Waals surface area contributed by atoms with E-state index in [1.165, 1.54) is 0 Å². The lowest BCUT2D eigenvalue weighted by Gasteiger charge is -2.23. The van der Waals surface area contributed by atoms with Gasteiger partial charge in [-0.25, -0.2) is 0 Å². The van der Waals surface area contributed by atoms with Crippen LogP contribution in [0, 0.1) is 5.92 Å². The Bertz CT molecular complexity index is 816. The smallest absolute Gasteiger partial charge is 0.305 e. The summed E-state index contributed by atoms with van der Waals surface area (Å²) in [5.74, 6) is -5.85. The van der Waals surface area contributed by atoms with Gasteiger partial charge in [0.15, 0.2) is 5.96 Å². The van der Waals surface area contributed by atoms with Gasteiger partial charge in [-0.3, -0.25) is 29.0 Å². The standard InChI is InChI=1S/C18H29N7O8/c19-18(20)21-3-1-2-8-16(32)22-6-11(26)23-10(5-12(27)28)17(33)25-9-4-7(15(31)24-8)13(29)14(9)30/h7-10,13-14,29-30H,1-6H2,(H,22,32)(H,23,26)(H,24,31)(H,25,33)(H,27,28)(H4,19,20,21)/t7-,8+,9+,10+,13+,14-/m1/s1. The minimum absolute atomic E-state index is 0.100. The first kappa shape index (κ1) is 25.8. The molecule has 1 aliphatic heterocycles. The zero-order valence-electron chi connectivity index (χ0n) is 17.7. The van der Waals surface area contributed by atoms with Gasteiger partial charge in [-0.15, -0.1) is 0 Å². The van der Waals surface area contributed by atoms with Crippen molar-refractivity contribution in [1.82, 2.24) is 21.3 Å². The molecule has 6 atom stereocenters. The molecule has 1 heterocycles. The molecule has 2 aliphatic rings. The molecule has 2 fully saturated rings. The van der Waals surface area contributed by atoms with Crippen molar-refractivity contribution >= 4 is 35.6 Å². The molecule has 1 saturated heterocycles. The number of hydrogen-bond acceptors (Lipinski definition) is 8. The number of aliphatic hydroxyl groups is 2. The Labute approximate surface area is 188 Å². The van der Waals surface area contributed by atoms with Gasteiger partial charge in [0.05, 0.1) is 31.0 Å². The second-order valence-electron chi connectivity index (χ2n) is 7.88. The summed E-state index contributed by atoms with van der Waals surface area (Å²) >= 11 is 0. The third-order valence-corrected chi connectivity index (χ3v) is 5.38. The van der Waals surface area contributed by atoms with E-state index >= 15 is 0 Å². The van der Waals surface area contributed by atoms with E-state index in [9.17, 15) is 34.2 Å². The highest BCUT2D eigenvalue weighted by Crippen LogP contribution is 2.27. The lowest BCUT2D eigenvalue weighted by atomic mass is 10.0. The van der Waals surface area contributed by atoms with Gasteiger partial charge < -0.3 is 48.1 Å². The summed E-state index contributed by atoms with van der Waals surface area (Å²) in [7, 11) is 0. The van der Waals surface area contributed by atoms with Gasteiger partial charge in [-0.05, 0) is 19.3 Å². The van der Waals surface area contributed by atoms with Gasteiger partial charge in [-0.1, -0.05) is 0 Å². The molecule has 0 aromatic carbocycles. The van der Waals surface area contributed by atoms with Crippen molar-refractivity contribution in [2.45, 2.75) is 56.0 Å². The van der Waals surface area contributed by atoms with Crippen LogP contribution in [0.2, 0.25) is 0 Å². The van der Waals surface area contributed by atoms with Crippen LogP contribution >= 0.6 is 0 Å². The van der Waals surface area contributed by atoms with Crippen molar-refractivity contribution in [3.05, 3.63) is 0 Å². The molecule has 2 rings (SSSR count). The Morgan fingerprint density at radius 2 is 1.67 bits per heavy atom. The molecule has 0 spiro atoms. The van der Waals surface area contributed by atoms with Gasteiger partial charge in [-0.2, -0.15) is 0 Å². The van der Waals surface area contributed by atoms with Gasteiger partial charge >= 0.3 is 5.97 Å². The summed E-state index contributed by atoms with van der Waals surface area (Å²) in [4.78, 5) is 64.9. The van der Waals surface area contributed by atoms with Crippen molar-refractivity contribution in [2.24, 2.45) is 22.4 Å². The Balaban J connectivity index is 2.24. The highest BCUT2D eigenvalue weighted by atomic mass is 16.4. The maximum atomic E-state index is 12.8. The van der Waals surface area contributed by atoms with Crippen molar-refractivity contribution in [3.8, 4) is 0 Å². The van der Waals surface area contributed by atoms with Crippen molar-refractivity contribution < 1.29 is 39.3 Å². The SMILES string of the molecule is NC(N)=NCCC[C@@H]1NC(=O)[C@@H]2C[C@H](NC(=O)[C@H](CC(=O)O)NC(=O)CNC1=O)[C@@H](O)[C@H]2O. The molecular formula is C18H29N7O8. The van der Waals surface area contributed by atoms with Crippen LogP contribution in [0.4, 0.5) is 0 Å². The molecule has 184 valence electrons. The lowest BCUT2D eigenvalue weighted by molar-refractivity contribution is -0.141. The number of carboxylic acids is 1. The Morgan fingerprint density at radius 1 is 0.970 bits per heavy atom. The average Bonchev–Trinajstić information content (AvgIpc) is 3.01. The molecule has 0 aromatic rings. The second-order valence-corrected chi connectivity index (χ2v) is 7.88. The van der Waals surface area contributed by atoms with Crippen LogP contribution in [0.5, 0.6) is 0 Å². The van der Waals surface area contributed by atoms with Gasteiger partial charge in [0.2, 0.25) is 23.6 Å². The Kier molecular flexibility index (Phi) is 8.93. The first-order valence-corrected chi connectivity index (χ1v) is 10.3. The minimum Gasteiger partial charge on any atom is -0.481 e. The summed E-state index contributed by atoms with van der Waals surface area (Å²) in [6.07, 6.45) is -3.59. The molecule has 1 saturated carbocycles. The summed E-state index contributed by atoms with van der Waals surface area (Å²) in [5, 5.41) is 39.1. The number of nitrogens with zero attached hydrogens (tertiary/aromatic N) is 1. The summed E-state index contributed by atoms with van der Waals surface area (Å²) in [6.45, 7) is -0.404. The fourth-order valence-electron chi connectivity index (χ4n) is 3.69. The topological polar surface area (TPSA) is 259 Å². The van der Waals surface area contributed by atoms with E-state index in [0.717, 1.165) is 0 Å². The lowest BCUT2D eigenvalue weighted by Crippen LogP contribution is -2.55. The fraction of sp³-hybridized carbons (Fsp3) is 0.667. The average molecular weight is 471 g/mol.